The highest BCUT2D eigenvalue weighted by molar-refractivity contribution is 7.89. The average Bonchev–Trinajstić information content (AvgIpc) is 2.64. The number of pyridine rings is 1. The van der Waals surface area contributed by atoms with Crippen molar-refractivity contribution in [1.82, 2.24) is 9.29 Å². The van der Waals surface area contributed by atoms with E-state index >= 15 is 0 Å². The van der Waals surface area contributed by atoms with Crippen LogP contribution in [0, 0.1) is 6.92 Å². The molecule has 0 radical (unpaired) electrons. The van der Waals surface area contributed by atoms with Crippen molar-refractivity contribution in [3.05, 3.63) is 47.7 Å². The molecule has 0 aliphatic carbocycles. The van der Waals surface area contributed by atoms with E-state index in [-0.39, 0.29) is 22.0 Å². The van der Waals surface area contributed by atoms with Gasteiger partial charge in [-0.2, -0.15) is 4.31 Å². The molecular formula is C19H25N3O4S. The van der Waals surface area contributed by atoms with Gasteiger partial charge in [-0.3, -0.25) is 4.79 Å². The molecule has 27 heavy (non-hydrogen) atoms. The number of carbonyl (C=O) groups excluding carboxylic acids is 1. The molecule has 1 aromatic heterocycles. The van der Waals surface area contributed by atoms with E-state index in [0.717, 1.165) is 5.56 Å². The van der Waals surface area contributed by atoms with E-state index < -0.39 is 15.9 Å². The lowest BCUT2D eigenvalue weighted by atomic mass is 10.2. The van der Waals surface area contributed by atoms with E-state index in [0.29, 0.717) is 19.7 Å². The maximum absolute atomic E-state index is 13.0. The van der Waals surface area contributed by atoms with Crippen LogP contribution in [-0.4, -0.2) is 43.3 Å². The van der Waals surface area contributed by atoms with Gasteiger partial charge in [0.25, 0.3) is 5.91 Å². The maximum atomic E-state index is 13.0. The molecule has 0 atom stereocenters. The first-order valence-electron chi connectivity index (χ1n) is 8.85. The quantitative estimate of drug-likeness (QED) is 0.747. The zero-order valence-electron chi connectivity index (χ0n) is 16.0. The summed E-state index contributed by atoms with van der Waals surface area (Å²) in [6, 6.07) is 8.13. The minimum Gasteiger partial charge on any atom is -0.477 e. The molecule has 1 amide bonds. The summed E-state index contributed by atoms with van der Waals surface area (Å²) in [6.07, 6.45) is 1.53. The third-order valence-corrected chi connectivity index (χ3v) is 6.10. The van der Waals surface area contributed by atoms with E-state index in [9.17, 15) is 13.2 Å². The molecule has 2 aromatic rings. The van der Waals surface area contributed by atoms with Gasteiger partial charge in [-0.05, 0) is 43.7 Å². The molecule has 2 rings (SSSR count). The molecule has 0 spiro atoms. The van der Waals surface area contributed by atoms with Crippen molar-refractivity contribution in [2.45, 2.75) is 32.6 Å². The molecule has 146 valence electrons. The van der Waals surface area contributed by atoms with Gasteiger partial charge in [-0.1, -0.05) is 19.9 Å². The van der Waals surface area contributed by atoms with E-state index in [1.807, 2.05) is 0 Å². The van der Waals surface area contributed by atoms with Gasteiger partial charge in [0, 0.05) is 19.3 Å². The Labute approximate surface area is 160 Å². The van der Waals surface area contributed by atoms with E-state index in [4.69, 9.17) is 4.74 Å². The van der Waals surface area contributed by atoms with Gasteiger partial charge in [-0.25, -0.2) is 13.4 Å². The lowest BCUT2D eigenvalue weighted by molar-refractivity contribution is 0.102. The largest absolute Gasteiger partial charge is 0.477 e. The number of nitrogens with zero attached hydrogens (tertiary/aromatic N) is 2. The second kappa shape index (κ2) is 8.96. The molecular weight excluding hydrogens is 366 g/mol. The number of aromatic nitrogens is 1. The number of anilines is 1. The molecule has 1 N–H and O–H groups in total. The third-order valence-electron chi connectivity index (χ3n) is 4.01. The first-order valence-corrected chi connectivity index (χ1v) is 10.3. The van der Waals surface area contributed by atoms with Gasteiger partial charge < -0.3 is 10.1 Å². The molecule has 7 nitrogen and oxygen atoms in total. The van der Waals surface area contributed by atoms with Gasteiger partial charge in [0.1, 0.15) is 10.5 Å². The molecule has 1 heterocycles. The summed E-state index contributed by atoms with van der Waals surface area (Å²) in [5.74, 6) is -0.274. The van der Waals surface area contributed by atoms with Gasteiger partial charge >= 0.3 is 0 Å². The number of nitrogens with one attached hydrogen (secondary N) is 1. The van der Waals surface area contributed by atoms with Gasteiger partial charge in [0.05, 0.1) is 12.3 Å². The molecule has 0 saturated carbocycles. The fourth-order valence-corrected chi connectivity index (χ4v) is 4.34. The summed E-state index contributed by atoms with van der Waals surface area (Å²) in [7, 11) is -3.73. The predicted octanol–water partition coefficient (Wildman–Crippen LogP) is 3.07. The summed E-state index contributed by atoms with van der Waals surface area (Å²) in [5.41, 5.74) is 1.25. The van der Waals surface area contributed by atoms with Crippen LogP contribution in [0.1, 0.15) is 36.7 Å². The van der Waals surface area contributed by atoms with Crippen LogP contribution in [-0.2, 0) is 10.0 Å². The minimum absolute atomic E-state index is 0.0707. The highest BCUT2D eigenvalue weighted by atomic mass is 32.2. The molecule has 8 heteroatoms. The molecule has 0 aliphatic heterocycles. The van der Waals surface area contributed by atoms with Crippen molar-refractivity contribution in [2.75, 3.05) is 25.0 Å². The topological polar surface area (TPSA) is 88.6 Å². The van der Waals surface area contributed by atoms with E-state index in [1.165, 1.54) is 10.5 Å². The smallest absolute Gasteiger partial charge is 0.261 e. The second-order valence-electron chi connectivity index (χ2n) is 5.83. The summed E-state index contributed by atoms with van der Waals surface area (Å²) in [6.45, 7) is 8.21. The number of ether oxygens (including phenoxy) is 1. The zero-order valence-corrected chi connectivity index (χ0v) is 16.8. The first kappa shape index (κ1) is 20.9. The number of hydrogen-bond donors (Lipinski definition) is 1. The van der Waals surface area contributed by atoms with E-state index in [2.05, 4.69) is 10.3 Å². The molecule has 0 saturated heterocycles. The molecule has 0 fully saturated rings. The summed E-state index contributed by atoms with van der Waals surface area (Å²) in [4.78, 5) is 16.9. The standard InChI is InChI=1S/C19H25N3O4S/c1-5-22(6-2)27(24,25)17-13-14(4)10-11-16(17)21-18(23)15-9-8-12-20-19(15)26-7-3/h8-13H,5-7H2,1-4H3,(H,21,23). The molecule has 1 aromatic carbocycles. The summed E-state index contributed by atoms with van der Waals surface area (Å²) >= 11 is 0. The normalized spacial score (nSPS) is 11.4. The van der Waals surface area contributed by atoms with Gasteiger partial charge in [0.15, 0.2) is 0 Å². The van der Waals surface area contributed by atoms with Crippen molar-refractivity contribution in [3.8, 4) is 5.88 Å². The van der Waals surface area contributed by atoms with Crippen LogP contribution >= 0.6 is 0 Å². The fraction of sp³-hybridized carbons (Fsp3) is 0.368. The third kappa shape index (κ3) is 4.64. The maximum Gasteiger partial charge on any atom is 0.261 e. The van der Waals surface area contributed by atoms with E-state index in [1.54, 1.807) is 58.0 Å². The monoisotopic (exact) mass is 391 g/mol. The molecule has 0 aliphatic rings. The van der Waals surface area contributed by atoms with Crippen LogP contribution in [0.25, 0.3) is 0 Å². The minimum atomic E-state index is -3.73. The second-order valence-corrected chi connectivity index (χ2v) is 7.74. The predicted molar refractivity (Wildman–Crippen MR) is 105 cm³/mol. The SMILES string of the molecule is CCOc1ncccc1C(=O)Nc1ccc(C)cc1S(=O)(=O)N(CC)CC. The number of amides is 1. The number of carbonyl (C=O) groups is 1. The van der Waals surface area contributed by atoms with Crippen LogP contribution in [0.15, 0.2) is 41.4 Å². The molecule has 0 unspecified atom stereocenters. The van der Waals surface area contributed by atoms with Crippen LogP contribution in [0.5, 0.6) is 5.88 Å². The zero-order chi connectivity index (χ0) is 20.0. The Kier molecular flexibility index (Phi) is 6.92. The highest BCUT2D eigenvalue weighted by Crippen LogP contribution is 2.27. The Morgan fingerprint density at radius 1 is 1.19 bits per heavy atom. The number of sulfonamides is 1. The van der Waals surface area contributed by atoms with Crippen LogP contribution in [0.2, 0.25) is 0 Å². The Morgan fingerprint density at radius 2 is 1.89 bits per heavy atom. The molecule has 0 bridgehead atoms. The summed E-state index contributed by atoms with van der Waals surface area (Å²) in [5, 5.41) is 2.70. The average molecular weight is 391 g/mol. The Hall–Kier alpha value is -2.45. The summed E-state index contributed by atoms with van der Waals surface area (Å²) < 4.78 is 32.7. The lowest BCUT2D eigenvalue weighted by Crippen LogP contribution is -2.31. The van der Waals surface area contributed by atoms with Crippen molar-refractivity contribution >= 4 is 21.6 Å². The Morgan fingerprint density at radius 3 is 2.52 bits per heavy atom. The van der Waals surface area contributed by atoms with Crippen LogP contribution in [0.3, 0.4) is 0 Å². The van der Waals surface area contributed by atoms with Crippen molar-refractivity contribution in [1.29, 1.82) is 0 Å². The number of hydrogen-bond acceptors (Lipinski definition) is 5. The Balaban J connectivity index is 2.45. The highest BCUT2D eigenvalue weighted by Gasteiger charge is 2.26. The lowest BCUT2D eigenvalue weighted by Gasteiger charge is -2.21. The van der Waals surface area contributed by atoms with Crippen LogP contribution in [0.4, 0.5) is 5.69 Å². The van der Waals surface area contributed by atoms with Crippen molar-refractivity contribution < 1.29 is 17.9 Å². The Bertz CT molecular complexity index is 909. The number of aryl methyl sites for hydroxylation is 1. The first-order chi connectivity index (χ1) is 12.8. The van der Waals surface area contributed by atoms with Crippen molar-refractivity contribution in [3.63, 3.8) is 0 Å². The fourth-order valence-electron chi connectivity index (χ4n) is 2.65. The van der Waals surface area contributed by atoms with Gasteiger partial charge in [0.2, 0.25) is 15.9 Å². The van der Waals surface area contributed by atoms with Crippen LogP contribution < -0.4 is 10.1 Å². The van der Waals surface area contributed by atoms with Crippen molar-refractivity contribution in [2.24, 2.45) is 0 Å². The van der Waals surface area contributed by atoms with Gasteiger partial charge in [-0.15, -0.1) is 0 Å². The number of benzene rings is 1. The number of rotatable bonds is 8.